The number of allylic oxidation sites excluding steroid dienone is 2. The summed E-state index contributed by atoms with van der Waals surface area (Å²) < 4.78 is 0. The number of carboxylic acids is 2. The molecule has 0 atom stereocenters. The first kappa shape index (κ1) is 13.7. The maximum absolute atomic E-state index is 11.4. The van der Waals surface area contributed by atoms with Gasteiger partial charge in [-0.15, -0.1) is 0 Å². The molecule has 0 fully saturated rings. The molecule has 0 heterocycles. The van der Waals surface area contributed by atoms with Crippen LogP contribution in [0.25, 0.3) is 11.1 Å². The van der Waals surface area contributed by atoms with Crippen molar-refractivity contribution in [3.8, 4) is 0 Å². The van der Waals surface area contributed by atoms with E-state index in [9.17, 15) is 14.7 Å². The van der Waals surface area contributed by atoms with Crippen LogP contribution >= 0.6 is 0 Å². The summed E-state index contributed by atoms with van der Waals surface area (Å²) in [4.78, 5) is 22.5. The van der Waals surface area contributed by atoms with Crippen LogP contribution in [-0.4, -0.2) is 22.2 Å². The second kappa shape index (κ2) is 4.87. The largest absolute Gasteiger partial charge is 0.478 e. The zero-order chi connectivity index (χ0) is 14.0. The zero-order valence-electron chi connectivity index (χ0n) is 10.3. The SMILES string of the molecule is C=C(C)c1ccc(C(=O)O)c(C(=C)C)c1C(=O)O. The van der Waals surface area contributed by atoms with Gasteiger partial charge in [-0.3, -0.25) is 0 Å². The van der Waals surface area contributed by atoms with Crippen LogP contribution in [0.5, 0.6) is 0 Å². The molecule has 0 saturated heterocycles. The zero-order valence-corrected chi connectivity index (χ0v) is 10.3. The van der Waals surface area contributed by atoms with Crippen molar-refractivity contribution >= 4 is 23.1 Å². The summed E-state index contributed by atoms with van der Waals surface area (Å²) in [5.41, 5.74) is 1.40. The Morgan fingerprint density at radius 1 is 0.889 bits per heavy atom. The molecule has 0 radical (unpaired) electrons. The molecule has 1 aromatic rings. The highest BCUT2D eigenvalue weighted by Gasteiger charge is 2.22. The average molecular weight is 246 g/mol. The van der Waals surface area contributed by atoms with Gasteiger partial charge in [-0.05, 0) is 31.1 Å². The Bertz CT molecular complexity index is 516. The number of carboxylic acid groups (broad SMARTS) is 2. The second-order valence-corrected chi connectivity index (χ2v) is 4.08. The summed E-state index contributed by atoms with van der Waals surface area (Å²) in [5, 5.41) is 18.4. The standard InChI is InChI=1S/C14H14O4/c1-7(2)9-5-6-10(13(15)16)11(8(3)4)12(9)14(17)18/h5-6H,1,3H2,2,4H3,(H,15,16)(H,17,18). The predicted octanol–water partition coefficient (Wildman–Crippen LogP) is 3.15. The van der Waals surface area contributed by atoms with Crippen LogP contribution in [0.4, 0.5) is 0 Å². The minimum Gasteiger partial charge on any atom is -0.478 e. The molecule has 0 aliphatic carbocycles. The first-order valence-corrected chi connectivity index (χ1v) is 5.22. The summed E-state index contributed by atoms with van der Waals surface area (Å²) >= 11 is 0. The molecule has 0 amide bonds. The number of hydrogen-bond acceptors (Lipinski definition) is 2. The first-order chi connectivity index (χ1) is 8.27. The summed E-state index contributed by atoms with van der Waals surface area (Å²) in [6, 6.07) is 2.84. The highest BCUT2D eigenvalue weighted by molar-refractivity contribution is 6.04. The number of rotatable bonds is 4. The van der Waals surface area contributed by atoms with E-state index in [1.807, 2.05) is 0 Å². The molecule has 0 saturated carbocycles. The van der Waals surface area contributed by atoms with Gasteiger partial charge in [0.2, 0.25) is 0 Å². The van der Waals surface area contributed by atoms with E-state index in [1.165, 1.54) is 12.1 Å². The van der Waals surface area contributed by atoms with Gasteiger partial charge in [-0.2, -0.15) is 0 Å². The molecule has 18 heavy (non-hydrogen) atoms. The molecule has 94 valence electrons. The van der Waals surface area contributed by atoms with Gasteiger partial charge in [0.1, 0.15) is 0 Å². The maximum atomic E-state index is 11.4. The average Bonchev–Trinajstić information content (AvgIpc) is 2.26. The Labute approximate surface area is 105 Å². The van der Waals surface area contributed by atoms with Crippen molar-refractivity contribution in [1.29, 1.82) is 0 Å². The molecule has 0 aromatic heterocycles. The summed E-state index contributed by atoms with van der Waals surface area (Å²) in [6.07, 6.45) is 0. The summed E-state index contributed by atoms with van der Waals surface area (Å²) in [7, 11) is 0. The van der Waals surface area contributed by atoms with Crippen molar-refractivity contribution in [2.24, 2.45) is 0 Å². The fourth-order valence-electron chi connectivity index (χ4n) is 1.80. The van der Waals surface area contributed by atoms with Crippen LogP contribution in [0.1, 0.15) is 45.7 Å². The lowest BCUT2D eigenvalue weighted by Crippen LogP contribution is -2.11. The minimum atomic E-state index is -1.19. The highest BCUT2D eigenvalue weighted by atomic mass is 16.4. The van der Waals surface area contributed by atoms with Crippen molar-refractivity contribution < 1.29 is 19.8 Å². The third-order valence-corrected chi connectivity index (χ3v) is 2.54. The Hall–Kier alpha value is -2.36. The first-order valence-electron chi connectivity index (χ1n) is 5.22. The van der Waals surface area contributed by atoms with E-state index in [0.29, 0.717) is 16.7 Å². The second-order valence-electron chi connectivity index (χ2n) is 4.08. The van der Waals surface area contributed by atoms with Gasteiger partial charge in [0, 0.05) is 5.56 Å². The van der Waals surface area contributed by atoms with Crippen LogP contribution in [0.3, 0.4) is 0 Å². The van der Waals surface area contributed by atoms with Crippen molar-refractivity contribution in [3.63, 3.8) is 0 Å². The van der Waals surface area contributed by atoms with Crippen LogP contribution < -0.4 is 0 Å². The van der Waals surface area contributed by atoms with Gasteiger partial charge in [-0.1, -0.05) is 24.8 Å². The molecule has 0 aliphatic heterocycles. The fourth-order valence-corrected chi connectivity index (χ4v) is 1.80. The molecule has 0 unspecified atom stereocenters. The van der Waals surface area contributed by atoms with Crippen molar-refractivity contribution in [2.75, 3.05) is 0 Å². The third kappa shape index (κ3) is 2.32. The van der Waals surface area contributed by atoms with Gasteiger partial charge in [0.05, 0.1) is 11.1 Å². The lowest BCUT2D eigenvalue weighted by atomic mass is 9.89. The number of benzene rings is 1. The van der Waals surface area contributed by atoms with Crippen molar-refractivity contribution in [2.45, 2.75) is 13.8 Å². The minimum absolute atomic E-state index is 0.0603. The molecular weight excluding hydrogens is 232 g/mol. The topological polar surface area (TPSA) is 74.6 Å². The van der Waals surface area contributed by atoms with Crippen LogP contribution in [0.2, 0.25) is 0 Å². The molecular formula is C14H14O4. The Morgan fingerprint density at radius 2 is 1.39 bits per heavy atom. The quantitative estimate of drug-likeness (QED) is 0.855. The van der Waals surface area contributed by atoms with E-state index in [0.717, 1.165) is 0 Å². The molecule has 1 aromatic carbocycles. The van der Waals surface area contributed by atoms with E-state index >= 15 is 0 Å². The molecule has 2 N–H and O–H groups in total. The van der Waals surface area contributed by atoms with E-state index in [1.54, 1.807) is 13.8 Å². The molecule has 0 bridgehead atoms. The maximum Gasteiger partial charge on any atom is 0.336 e. The third-order valence-electron chi connectivity index (χ3n) is 2.54. The van der Waals surface area contributed by atoms with Gasteiger partial charge in [0.15, 0.2) is 0 Å². The Balaban J connectivity index is 3.82. The number of hydrogen-bond donors (Lipinski definition) is 2. The van der Waals surface area contributed by atoms with Gasteiger partial charge < -0.3 is 10.2 Å². The molecule has 0 aliphatic rings. The van der Waals surface area contributed by atoms with Gasteiger partial charge in [0.25, 0.3) is 0 Å². The highest BCUT2D eigenvalue weighted by Crippen LogP contribution is 2.29. The van der Waals surface area contributed by atoms with E-state index < -0.39 is 11.9 Å². The Morgan fingerprint density at radius 3 is 1.72 bits per heavy atom. The number of carbonyl (C=O) groups is 2. The van der Waals surface area contributed by atoms with Gasteiger partial charge >= 0.3 is 11.9 Å². The van der Waals surface area contributed by atoms with E-state index in [-0.39, 0.29) is 16.7 Å². The smallest absolute Gasteiger partial charge is 0.336 e. The van der Waals surface area contributed by atoms with E-state index in [4.69, 9.17) is 5.11 Å². The summed E-state index contributed by atoms with van der Waals surface area (Å²) in [5.74, 6) is -2.36. The Kier molecular flexibility index (Phi) is 3.71. The van der Waals surface area contributed by atoms with Gasteiger partial charge in [-0.25, -0.2) is 9.59 Å². The molecule has 1 rings (SSSR count). The molecule has 0 spiro atoms. The van der Waals surface area contributed by atoms with Crippen LogP contribution in [-0.2, 0) is 0 Å². The van der Waals surface area contributed by atoms with E-state index in [2.05, 4.69) is 13.2 Å². The summed E-state index contributed by atoms with van der Waals surface area (Å²) in [6.45, 7) is 10.6. The predicted molar refractivity (Wildman–Crippen MR) is 69.8 cm³/mol. The lowest BCUT2D eigenvalue weighted by Gasteiger charge is -2.14. The molecule has 4 heteroatoms. The molecule has 4 nitrogen and oxygen atoms in total. The lowest BCUT2D eigenvalue weighted by molar-refractivity contribution is 0.0695. The fraction of sp³-hybridized carbons (Fsp3) is 0.143. The normalized spacial score (nSPS) is 9.89. The van der Waals surface area contributed by atoms with Crippen molar-refractivity contribution in [3.05, 3.63) is 47.5 Å². The monoisotopic (exact) mass is 246 g/mol. The number of aromatic carboxylic acids is 2. The van der Waals surface area contributed by atoms with Crippen molar-refractivity contribution in [1.82, 2.24) is 0 Å². The van der Waals surface area contributed by atoms with Crippen LogP contribution in [0, 0.1) is 0 Å². The van der Waals surface area contributed by atoms with Crippen LogP contribution in [0.15, 0.2) is 25.3 Å².